The highest BCUT2D eigenvalue weighted by atomic mass is 16.2. The largest absolute Gasteiger partial charge is 0.357 e. The van der Waals surface area contributed by atoms with Crippen molar-refractivity contribution < 1.29 is 4.79 Å². The van der Waals surface area contributed by atoms with Crippen molar-refractivity contribution in [3.8, 4) is 0 Å². The summed E-state index contributed by atoms with van der Waals surface area (Å²) >= 11 is 0. The smallest absolute Gasteiger partial charge is 0.242 e. The van der Waals surface area contributed by atoms with Gasteiger partial charge in [0.1, 0.15) is 5.82 Å². The Morgan fingerprint density at radius 3 is 2.67 bits per heavy atom. The molecule has 0 radical (unpaired) electrons. The van der Waals surface area contributed by atoms with Gasteiger partial charge in [0.25, 0.3) is 0 Å². The number of carbonyl (C=O) groups excluding carboxylic acids is 1. The number of carbonyl (C=O) groups is 1. The van der Waals surface area contributed by atoms with E-state index in [9.17, 15) is 4.79 Å². The summed E-state index contributed by atoms with van der Waals surface area (Å²) in [5, 5.41) is 10.5. The van der Waals surface area contributed by atoms with Crippen LogP contribution in [0.5, 0.6) is 0 Å². The second-order valence-electron chi connectivity index (χ2n) is 4.68. The van der Waals surface area contributed by atoms with Crippen molar-refractivity contribution in [3.05, 3.63) is 6.20 Å². The number of nitrogens with one attached hydrogen (secondary N) is 2. The highest BCUT2D eigenvalue weighted by Gasteiger charge is 2.17. The lowest BCUT2D eigenvalue weighted by atomic mass is 10.3. The van der Waals surface area contributed by atoms with Gasteiger partial charge in [-0.1, -0.05) is 0 Å². The van der Waals surface area contributed by atoms with E-state index < -0.39 is 0 Å². The number of aromatic nitrogens is 4. The fraction of sp³-hybridized carbons (Fsp3) is 0.538. The molecular formula is C13H21N7O. The van der Waals surface area contributed by atoms with E-state index in [-0.39, 0.29) is 12.5 Å². The molecule has 1 amide bonds. The van der Waals surface area contributed by atoms with E-state index in [1.54, 1.807) is 18.1 Å². The Bertz CT molecular complexity index is 620. The zero-order valence-corrected chi connectivity index (χ0v) is 12.8. The van der Waals surface area contributed by atoms with Crippen LogP contribution in [0.2, 0.25) is 0 Å². The highest BCUT2D eigenvalue weighted by molar-refractivity contribution is 5.90. The van der Waals surface area contributed by atoms with E-state index in [1.165, 1.54) is 0 Å². The van der Waals surface area contributed by atoms with Gasteiger partial charge in [-0.15, -0.1) is 0 Å². The SMILES string of the molecule is CCN(CC)C(=O)CN(C)c1nc(NC)nc2[nH]ncc12. The first-order chi connectivity index (χ1) is 10.1. The van der Waals surface area contributed by atoms with Crippen LogP contribution in [0.4, 0.5) is 11.8 Å². The third-order valence-corrected chi connectivity index (χ3v) is 3.36. The summed E-state index contributed by atoms with van der Waals surface area (Å²) in [7, 11) is 3.60. The molecule has 0 bridgehead atoms. The number of anilines is 2. The van der Waals surface area contributed by atoms with Gasteiger partial charge in [-0.25, -0.2) is 0 Å². The lowest BCUT2D eigenvalue weighted by molar-refractivity contribution is -0.129. The summed E-state index contributed by atoms with van der Waals surface area (Å²) in [4.78, 5) is 24.5. The number of H-pyrrole nitrogens is 1. The van der Waals surface area contributed by atoms with E-state index in [4.69, 9.17) is 0 Å². The van der Waals surface area contributed by atoms with Crippen LogP contribution in [0.3, 0.4) is 0 Å². The predicted octanol–water partition coefficient (Wildman–Crippen LogP) is 0.699. The molecule has 0 aromatic carbocycles. The summed E-state index contributed by atoms with van der Waals surface area (Å²) in [5.41, 5.74) is 0.645. The lowest BCUT2D eigenvalue weighted by Crippen LogP contribution is -2.39. The molecule has 0 fully saturated rings. The van der Waals surface area contributed by atoms with E-state index >= 15 is 0 Å². The Kier molecular flexibility index (Phi) is 4.56. The molecule has 8 heteroatoms. The fourth-order valence-electron chi connectivity index (χ4n) is 2.18. The predicted molar refractivity (Wildman–Crippen MR) is 82.4 cm³/mol. The van der Waals surface area contributed by atoms with Gasteiger partial charge in [0, 0.05) is 27.2 Å². The lowest BCUT2D eigenvalue weighted by Gasteiger charge is -2.24. The maximum atomic E-state index is 12.2. The molecule has 0 aliphatic carbocycles. The third kappa shape index (κ3) is 3.04. The molecule has 2 aromatic heterocycles. The van der Waals surface area contributed by atoms with Gasteiger partial charge in [-0.3, -0.25) is 9.89 Å². The Hall–Kier alpha value is -2.38. The monoisotopic (exact) mass is 291 g/mol. The van der Waals surface area contributed by atoms with Crippen LogP contribution in [-0.4, -0.2) is 64.7 Å². The van der Waals surface area contributed by atoms with Gasteiger partial charge < -0.3 is 15.1 Å². The first-order valence-corrected chi connectivity index (χ1v) is 6.98. The van der Waals surface area contributed by atoms with Crippen LogP contribution in [0.25, 0.3) is 11.0 Å². The average Bonchev–Trinajstić information content (AvgIpc) is 2.95. The maximum Gasteiger partial charge on any atom is 0.242 e. The summed E-state index contributed by atoms with van der Waals surface area (Å²) in [6.07, 6.45) is 1.67. The number of likely N-dealkylation sites (N-methyl/N-ethyl adjacent to an activating group) is 2. The summed E-state index contributed by atoms with van der Waals surface area (Å²) in [5.74, 6) is 1.24. The first-order valence-electron chi connectivity index (χ1n) is 6.98. The molecule has 0 aliphatic heterocycles. The Morgan fingerprint density at radius 2 is 2.05 bits per heavy atom. The molecular weight excluding hydrogens is 270 g/mol. The van der Waals surface area contributed by atoms with Gasteiger partial charge in [0.05, 0.1) is 18.1 Å². The number of nitrogens with zero attached hydrogens (tertiary/aromatic N) is 5. The molecule has 21 heavy (non-hydrogen) atoms. The zero-order valence-electron chi connectivity index (χ0n) is 12.8. The Labute approximate surface area is 123 Å². The topological polar surface area (TPSA) is 90.0 Å². The number of hydrogen-bond acceptors (Lipinski definition) is 6. The molecule has 2 aromatic rings. The Balaban J connectivity index is 2.28. The normalized spacial score (nSPS) is 10.7. The first kappa shape index (κ1) is 15.0. The van der Waals surface area contributed by atoms with Gasteiger partial charge in [0.15, 0.2) is 5.65 Å². The maximum absolute atomic E-state index is 12.2. The van der Waals surface area contributed by atoms with Crippen LogP contribution in [0.15, 0.2) is 6.20 Å². The molecule has 0 saturated heterocycles. The molecule has 0 saturated carbocycles. The van der Waals surface area contributed by atoms with Crippen molar-refractivity contribution in [3.63, 3.8) is 0 Å². The number of amides is 1. The van der Waals surface area contributed by atoms with Crippen molar-refractivity contribution in [2.45, 2.75) is 13.8 Å². The Morgan fingerprint density at radius 1 is 1.33 bits per heavy atom. The van der Waals surface area contributed by atoms with E-state index in [1.807, 2.05) is 25.8 Å². The molecule has 2 rings (SSSR count). The zero-order chi connectivity index (χ0) is 15.4. The molecule has 0 spiro atoms. The summed E-state index contributed by atoms with van der Waals surface area (Å²) in [6, 6.07) is 0. The minimum absolute atomic E-state index is 0.0729. The molecule has 0 unspecified atom stereocenters. The van der Waals surface area contributed by atoms with Gasteiger partial charge in [-0.2, -0.15) is 15.1 Å². The van der Waals surface area contributed by atoms with Crippen molar-refractivity contribution in [1.82, 2.24) is 25.1 Å². The van der Waals surface area contributed by atoms with Crippen molar-refractivity contribution in [2.24, 2.45) is 0 Å². The minimum atomic E-state index is 0.0729. The molecule has 114 valence electrons. The molecule has 2 N–H and O–H groups in total. The van der Waals surface area contributed by atoms with Crippen LogP contribution in [0, 0.1) is 0 Å². The van der Waals surface area contributed by atoms with Crippen LogP contribution in [0.1, 0.15) is 13.8 Å². The van der Waals surface area contributed by atoms with Crippen LogP contribution in [-0.2, 0) is 4.79 Å². The average molecular weight is 291 g/mol. The van der Waals surface area contributed by atoms with E-state index in [2.05, 4.69) is 25.5 Å². The van der Waals surface area contributed by atoms with Crippen LogP contribution >= 0.6 is 0 Å². The summed E-state index contributed by atoms with van der Waals surface area (Å²) in [6.45, 7) is 5.62. The number of fused-ring (bicyclic) bond motifs is 1. The number of hydrogen-bond donors (Lipinski definition) is 2. The molecule has 0 atom stereocenters. The third-order valence-electron chi connectivity index (χ3n) is 3.36. The fourth-order valence-corrected chi connectivity index (χ4v) is 2.18. The van der Waals surface area contributed by atoms with Gasteiger partial charge in [-0.05, 0) is 13.8 Å². The quantitative estimate of drug-likeness (QED) is 0.814. The second-order valence-corrected chi connectivity index (χ2v) is 4.68. The number of rotatable bonds is 6. The summed E-state index contributed by atoms with van der Waals surface area (Å²) < 4.78 is 0. The van der Waals surface area contributed by atoms with Crippen molar-refractivity contribution >= 4 is 28.7 Å². The van der Waals surface area contributed by atoms with Crippen molar-refractivity contribution in [2.75, 3.05) is 43.9 Å². The molecule has 0 aliphatic rings. The van der Waals surface area contributed by atoms with Crippen LogP contribution < -0.4 is 10.2 Å². The number of aromatic amines is 1. The van der Waals surface area contributed by atoms with Gasteiger partial charge >= 0.3 is 0 Å². The molecule has 8 nitrogen and oxygen atoms in total. The minimum Gasteiger partial charge on any atom is -0.357 e. The highest BCUT2D eigenvalue weighted by Crippen LogP contribution is 2.22. The molecule has 2 heterocycles. The van der Waals surface area contributed by atoms with E-state index in [0.717, 1.165) is 5.39 Å². The van der Waals surface area contributed by atoms with Crippen molar-refractivity contribution in [1.29, 1.82) is 0 Å². The van der Waals surface area contributed by atoms with E-state index in [0.29, 0.717) is 30.5 Å². The van der Waals surface area contributed by atoms with Gasteiger partial charge in [0.2, 0.25) is 11.9 Å². The standard InChI is InChI=1S/C13H21N7O/c1-5-20(6-2)10(21)8-19(4)12-9-7-15-18-11(9)16-13(14-3)17-12/h7H,5-6,8H2,1-4H3,(H2,14,15,16,17,18). The second kappa shape index (κ2) is 6.38.